The molecule has 8 heteroatoms. The molecule has 0 unspecified atom stereocenters. The fourth-order valence-corrected chi connectivity index (χ4v) is 15.2. The molecule has 0 aliphatic carbocycles. The third-order valence-corrected chi connectivity index (χ3v) is 20.1. The molecule has 0 fully saturated rings. The standard InChI is InChI=1S/C88H56N6S2/c1-7-21-57(22-8-1)61-37-45-67(46-38-61)83-89-84(68-47-39-62(40-48-68)58-23-9-2-10-24-58)92-87(91-83)73-35-19-33-71(53-73)77-55-75-79(65-29-15-5-16-30-65)82-76(80(81(75)95-77)66-31-17-6-18-32-66)56-78(96-82)72-34-20-36-74(54-72)88-93-85(69-49-41-63(42-50-69)59-25-11-3-12-26-59)90-86(94-88)70-51-43-64(44-52-70)60-27-13-4-14-28-60/h1-56H. The number of benzene rings is 13. The van der Waals surface area contributed by atoms with Gasteiger partial charge in [0.2, 0.25) is 0 Å². The molecule has 450 valence electrons. The molecule has 0 saturated carbocycles. The van der Waals surface area contributed by atoms with Gasteiger partial charge < -0.3 is 0 Å². The van der Waals surface area contributed by atoms with Gasteiger partial charge in [-0.1, -0.05) is 315 Å². The first-order chi connectivity index (χ1) is 47.5. The minimum absolute atomic E-state index is 0.600. The Morgan fingerprint density at radius 3 is 0.615 bits per heavy atom. The van der Waals surface area contributed by atoms with Crippen LogP contribution >= 0.6 is 22.7 Å². The lowest BCUT2D eigenvalue weighted by Crippen LogP contribution is -2.00. The normalized spacial score (nSPS) is 11.3. The van der Waals surface area contributed by atoms with Crippen molar-refractivity contribution in [1.82, 2.24) is 29.9 Å². The third-order valence-electron chi connectivity index (χ3n) is 17.7. The smallest absolute Gasteiger partial charge is 0.164 e. The van der Waals surface area contributed by atoms with E-state index in [0.29, 0.717) is 34.9 Å². The van der Waals surface area contributed by atoms with E-state index >= 15 is 0 Å². The fourth-order valence-electron chi connectivity index (χ4n) is 12.8. The van der Waals surface area contributed by atoms with E-state index in [-0.39, 0.29) is 0 Å². The Labute approximate surface area is 564 Å². The van der Waals surface area contributed by atoms with E-state index in [4.69, 9.17) is 29.9 Å². The van der Waals surface area contributed by atoms with Crippen molar-refractivity contribution in [3.63, 3.8) is 0 Å². The van der Waals surface area contributed by atoms with Crippen LogP contribution < -0.4 is 0 Å². The molecule has 0 atom stereocenters. The second kappa shape index (κ2) is 25.4. The highest BCUT2D eigenvalue weighted by Crippen LogP contribution is 2.53. The number of thiophene rings is 2. The second-order valence-corrected chi connectivity index (χ2v) is 25.8. The van der Waals surface area contributed by atoms with Gasteiger partial charge in [0, 0.05) is 74.4 Å². The maximum absolute atomic E-state index is 5.27. The van der Waals surface area contributed by atoms with Gasteiger partial charge >= 0.3 is 0 Å². The van der Waals surface area contributed by atoms with Crippen LogP contribution in [0.5, 0.6) is 0 Å². The van der Waals surface area contributed by atoms with Gasteiger partial charge in [-0.05, 0) is 91.0 Å². The minimum Gasteiger partial charge on any atom is -0.208 e. The Bertz CT molecular complexity index is 5020. The van der Waals surface area contributed by atoms with Crippen LogP contribution in [-0.2, 0) is 0 Å². The van der Waals surface area contributed by atoms with E-state index in [2.05, 4.69) is 315 Å². The molecule has 4 aromatic heterocycles. The van der Waals surface area contributed by atoms with Crippen LogP contribution in [0.2, 0.25) is 0 Å². The highest BCUT2D eigenvalue weighted by molar-refractivity contribution is 7.25. The maximum Gasteiger partial charge on any atom is 0.164 e. The Kier molecular flexibility index (Phi) is 15.2. The first kappa shape index (κ1) is 57.7. The van der Waals surface area contributed by atoms with Gasteiger partial charge in [-0.15, -0.1) is 22.7 Å². The molecule has 0 amide bonds. The number of hydrogen-bond acceptors (Lipinski definition) is 8. The second-order valence-electron chi connectivity index (χ2n) is 23.7. The zero-order chi connectivity index (χ0) is 63.7. The van der Waals surface area contributed by atoms with Gasteiger partial charge in [-0.2, -0.15) is 0 Å². The van der Waals surface area contributed by atoms with E-state index in [1.165, 1.54) is 31.3 Å². The molecule has 17 aromatic rings. The summed E-state index contributed by atoms with van der Waals surface area (Å²) in [5, 5.41) is 2.39. The molecular weight excluding hydrogens is 1210 g/mol. The van der Waals surface area contributed by atoms with Crippen LogP contribution in [-0.4, -0.2) is 29.9 Å². The van der Waals surface area contributed by atoms with Crippen molar-refractivity contribution in [1.29, 1.82) is 0 Å². The summed E-state index contributed by atoms with van der Waals surface area (Å²) in [7, 11) is 0. The lowest BCUT2D eigenvalue weighted by Gasteiger charge is -2.12. The van der Waals surface area contributed by atoms with Gasteiger partial charge in [0.1, 0.15) is 0 Å². The van der Waals surface area contributed by atoms with Crippen molar-refractivity contribution in [2.75, 3.05) is 0 Å². The average molecular weight is 1260 g/mol. The summed E-state index contributed by atoms with van der Waals surface area (Å²) in [5.74, 6) is 3.63. The topological polar surface area (TPSA) is 77.3 Å². The van der Waals surface area contributed by atoms with Crippen molar-refractivity contribution < 1.29 is 0 Å². The number of aromatic nitrogens is 6. The summed E-state index contributed by atoms with van der Waals surface area (Å²) in [4.78, 5) is 33.7. The van der Waals surface area contributed by atoms with Crippen LogP contribution in [0.3, 0.4) is 0 Å². The van der Waals surface area contributed by atoms with Crippen LogP contribution in [0.25, 0.3) is 176 Å². The number of hydrogen-bond donors (Lipinski definition) is 0. The largest absolute Gasteiger partial charge is 0.208 e. The van der Waals surface area contributed by atoms with Gasteiger partial charge in [0.05, 0.1) is 0 Å². The van der Waals surface area contributed by atoms with Crippen molar-refractivity contribution in [3.8, 4) is 156 Å². The van der Waals surface area contributed by atoms with Crippen LogP contribution in [0.4, 0.5) is 0 Å². The predicted molar refractivity (Wildman–Crippen MR) is 400 cm³/mol. The Hall–Kier alpha value is -12.2. The summed E-state index contributed by atoms with van der Waals surface area (Å²) < 4.78 is 2.43. The molecule has 13 aromatic carbocycles. The van der Waals surface area contributed by atoms with Crippen molar-refractivity contribution >= 4 is 42.8 Å². The average Bonchev–Trinajstić information content (AvgIpc) is 1.55. The molecular formula is C88H56N6S2. The predicted octanol–water partition coefficient (Wildman–Crippen LogP) is 23.8. The van der Waals surface area contributed by atoms with E-state index < -0.39 is 0 Å². The molecule has 0 aliphatic rings. The summed E-state index contributed by atoms with van der Waals surface area (Å²) >= 11 is 3.66. The molecule has 6 nitrogen and oxygen atoms in total. The Balaban J connectivity index is 0.776. The van der Waals surface area contributed by atoms with Gasteiger partial charge in [-0.3, -0.25) is 0 Å². The van der Waals surface area contributed by atoms with E-state index in [0.717, 1.165) is 110 Å². The molecule has 17 rings (SSSR count). The molecule has 0 bridgehead atoms. The van der Waals surface area contributed by atoms with Gasteiger partial charge in [0.15, 0.2) is 34.9 Å². The van der Waals surface area contributed by atoms with Crippen molar-refractivity contribution in [2.45, 2.75) is 0 Å². The van der Waals surface area contributed by atoms with Crippen molar-refractivity contribution in [3.05, 3.63) is 340 Å². The molecule has 0 spiro atoms. The number of nitrogens with zero attached hydrogens (tertiary/aromatic N) is 6. The van der Waals surface area contributed by atoms with Crippen LogP contribution in [0.1, 0.15) is 0 Å². The quantitative estimate of drug-likeness (QED) is 0.108. The SMILES string of the molecule is c1ccc(-c2ccc(-c3nc(-c4ccc(-c5ccccc5)cc4)nc(-c4cccc(-c5cc6c(-c7ccccc7)c7sc(-c8cccc(-c9nc(-c%10ccc(-c%11ccccc%11)cc%10)nc(-c%10ccc(-c%11ccccc%11)cc%10)n9)c8)cc7c(-c7ccccc7)c6s5)c4)n3)cc2)cc1. The molecule has 0 radical (unpaired) electrons. The van der Waals surface area contributed by atoms with E-state index in [9.17, 15) is 0 Å². The lowest BCUT2D eigenvalue weighted by atomic mass is 9.93. The summed E-state index contributed by atoms with van der Waals surface area (Å²) in [6.45, 7) is 0. The molecule has 0 aliphatic heterocycles. The molecule has 4 heterocycles. The molecule has 96 heavy (non-hydrogen) atoms. The zero-order valence-corrected chi connectivity index (χ0v) is 53.5. The Morgan fingerprint density at radius 1 is 0.156 bits per heavy atom. The highest BCUT2D eigenvalue weighted by Gasteiger charge is 2.24. The first-order valence-corrected chi connectivity index (χ1v) is 33.7. The van der Waals surface area contributed by atoms with E-state index in [1.54, 1.807) is 0 Å². The van der Waals surface area contributed by atoms with Gasteiger partial charge in [0.25, 0.3) is 0 Å². The van der Waals surface area contributed by atoms with Crippen molar-refractivity contribution in [2.24, 2.45) is 0 Å². The highest BCUT2D eigenvalue weighted by atomic mass is 32.1. The maximum atomic E-state index is 5.27. The summed E-state index contributed by atoms with van der Waals surface area (Å²) in [5.41, 5.74) is 21.4. The first-order valence-electron chi connectivity index (χ1n) is 32.0. The van der Waals surface area contributed by atoms with Gasteiger partial charge in [-0.25, -0.2) is 29.9 Å². The van der Waals surface area contributed by atoms with E-state index in [1.807, 2.05) is 46.9 Å². The monoisotopic (exact) mass is 1260 g/mol. The van der Waals surface area contributed by atoms with Crippen LogP contribution in [0, 0.1) is 0 Å². The number of fused-ring (bicyclic) bond motifs is 2. The third kappa shape index (κ3) is 11.5. The molecule has 0 N–H and O–H groups in total. The zero-order valence-electron chi connectivity index (χ0n) is 51.8. The molecule has 0 saturated heterocycles. The van der Waals surface area contributed by atoms with Crippen LogP contribution in [0.15, 0.2) is 340 Å². The fraction of sp³-hybridized carbons (Fsp3) is 0. The lowest BCUT2D eigenvalue weighted by molar-refractivity contribution is 1.07. The summed E-state index contributed by atoms with van der Waals surface area (Å²) in [6.07, 6.45) is 0. The Morgan fingerprint density at radius 2 is 0.354 bits per heavy atom. The minimum atomic E-state index is 0.600. The number of rotatable bonds is 14. The summed E-state index contributed by atoms with van der Waals surface area (Å²) in [6, 6.07) is 120.